The largest absolute Gasteiger partial charge is 0.496 e. The zero-order valence-corrected chi connectivity index (χ0v) is 27.2. The van der Waals surface area contributed by atoms with Gasteiger partial charge >= 0.3 is 0 Å². The zero-order chi connectivity index (χ0) is 31.3. The van der Waals surface area contributed by atoms with E-state index in [0.717, 1.165) is 39.7 Å². The molecule has 1 atom stereocenters. The number of aromatic nitrogens is 4. The minimum atomic E-state index is -1.30. The van der Waals surface area contributed by atoms with Crippen molar-refractivity contribution in [1.82, 2.24) is 25.0 Å². The molecule has 44 heavy (non-hydrogen) atoms. The first-order chi connectivity index (χ1) is 21.1. The monoisotopic (exact) mass is 615 g/mol. The molecule has 0 radical (unpaired) electrons. The Balaban J connectivity index is 1.48. The average molecular weight is 616 g/mol. The molecule has 0 spiro atoms. The summed E-state index contributed by atoms with van der Waals surface area (Å²) >= 11 is 0. The van der Waals surface area contributed by atoms with E-state index in [1.165, 1.54) is 6.26 Å². The van der Waals surface area contributed by atoms with Crippen molar-refractivity contribution in [2.45, 2.75) is 77.0 Å². The van der Waals surface area contributed by atoms with Crippen molar-refractivity contribution in [3.8, 4) is 17.0 Å². The van der Waals surface area contributed by atoms with E-state index in [-0.39, 0.29) is 18.4 Å². The SMILES string of the molecule is COc1cc2nc(C)ccc2cc1-c1cnc([C@@]2(C/C=C/CCC(=O)c3ccon3)CCC(=O)N2)n1COCC[Si](C)(C)C. The number of carbonyl (C=O) groups excluding carboxylic acids is 2. The number of imidazole rings is 1. The van der Waals surface area contributed by atoms with Crippen LogP contribution in [0, 0.1) is 6.92 Å². The Labute approximate surface area is 258 Å². The minimum Gasteiger partial charge on any atom is -0.496 e. The number of fused-ring (bicyclic) bond motifs is 1. The predicted octanol–water partition coefficient (Wildman–Crippen LogP) is 6.43. The number of benzene rings is 1. The van der Waals surface area contributed by atoms with Crippen LogP contribution in [0.5, 0.6) is 5.75 Å². The summed E-state index contributed by atoms with van der Waals surface area (Å²) in [5.41, 5.74) is 3.12. The molecule has 1 N–H and O–H groups in total. The van der Waals surface area contributed by atoms with Crippen LogP contribution in [0.25, 0.3) is 22.2 Å². The van der Waals surface area contributed by atoms with E-state index in [1.807, 2.05) is 37.4 Å². The molecule has 0 bridgehead atoms. The molecule has 4 heterocycles. The normalized spacial score (nSPS) is 17.1. The van der Waals surface area contributed by atoms with Crippen LogP contribution in [-0.2, 0) is 21.8 Å². The third-order valence-electron chi connectivity index (χ3n) is 7.98. The molecule has 1 fully saturated rings. The fourth-order valence-corrected chi connectivity index (χ4v) is 6.25. The van der Waals surface area contributed by atoms with Crippen LogP contribution in [0.15, 0.2) is 59.5 Å². The topological polar surface area (TPSA) is 121 Å². The number of rotatable bonds is 14. The predicted molar refractivity (Wildman–Crippen MR) is 171 cm³/mol. The van der Waals surface area contributed by atoms with Crippen molar-refractivity contribution < 1.29 is 23.6 Å². The number of Topliss-reactive ketones (excluding diaryl/α,β-unsaturated/α-hetero) is 1. The molecular weight excluding hydrogens is 574 g/mol. The summed E-state index contributed by atoms with van der Waals surface area (Å²) in [6.45, 7) is 9.88. The molecule has 1 aliphatic heterocycles. The van der Waals surface area contributed by atoms with Crippen LogP contribution in [0.2, 0.25) is 25.7 Å². The molecule has 0 unspecified atom stereocenters. The maximum atomic E-state index is 12.7. The minimum absolute atomic E-state index is 0.0138. The highest BCUT2D eigenvalue weighted by molar-refractivity contribution is 6.76. The second-order valence-electron chi connectivity index (χ2n) is 12.6. The Bertz CT molecular complexity index is 1660. The molecule has 11 heteroatoms. The van der Waals surface area contributed by atoms with E-state index in [1.54, 1.807) is 13.2 Å². The van der Waals surface area contributed by atoms with Gasteiger partial charge in [-0.2, -0.15) is 0 Å². The van der Waals surface area contributed by atoms with Crippen LogP contribution in [0.1, 0.15) is 54.1 Å². The Morgan fingerprint density at radius 2 is 2.05 bits per heavy atom. The van der Waals surface area contributed by atoms with Gasteiger partial charge in [0.25, 0.3) is 0 Å². The van der Waals surface area contributed by atoms with E-state index < -0.39 is 13.6 Å². The summed E-state index contributed by atoms with van der Waals surface area (Å²) in [7, 11) is 0.359. The Hall–Kier alpha value is -4.09. The number of aryl methyl sites for hydroxylation is 1. The summed E-state index contributed by atoms with van der Waals surface area (Å²) in [4.78, 5) is 34.6. The van der Waals surface area contributed by atoms with Gasteiger partial charge in [-0.3, -0.25) is 14.6 Å². The molecule has 5 rings (SSSR count). The van der Waals surface area contributed by atoms with Gasteiger partial charge in [0.2, 0.25) is 5.91 Å². The molecule has 1 aromatic carbocycles. The van der Waals surface area contributed by atoms with Gasteiger partial charge < -0.3 is 23.9 Å². The number of ketones is 1. The van der Waals surface area contributed by atoms with Crippen LogP contribution in [0.3, 0.4) is 0 Å². The zero-order valence-electron chi connectivity index (χ0n) is 26.2. The first-order valence-corrected chi connectivity index (χ1v) is 18.8. The van der Waals surface area contributed by atoms with Gasteiger partial charge in [0, 0.05) is 56.3 Å². The molecule has 0 aliphatic carbocycles. The third-order valence-corrected chi connectivity index (χ3v) is 9.68. The quantitative estimate of drug-likeness (QED) is 0.0746. The Morgan fingerprint density at radius 1 is 1.20 bits per heavy atom. The van der Waals surface area contributed by atoms with Crippen molar-refractivity contribution in [3.63, 3.8) is 0 Å². The Kier molecular flexibility index (Phi) is 9.45. The fourth-order valence-electron chi connectivity index (χ4n) is 5.49. The summed E-state index contributed by atoms with van der Waals surface area (Å²) in [5, 5.41) is 7.95. The summed E-state index contributed by atoms with van der Waals surface area (Å²) in [5.74, 6) is 1.34. The number of amides is 1. The second kappa shape index (κ2) is 13.3. The molecular formula is C33H41N5O5Si. The summed E-state index contributed by atoms with van der Waals surface area (Å²) in [6, 6.07) is 10.7. The van der Waals surface area contributed by atoms with Gasteiger partial charge in [-0.05, 0) is 44.4 Å². The first kappa shape index (κ1) is 31.3. The van der Waals surface area contributed by atoms with Gasteiger partial charge in [0.15, 0.2) is 5.78 Å². The van der Waals surface area contributed by atoms with Crippen molar-refractivity contribution in [2.24, 2.45) is 0 Å². The smallest absolute Gasteiger partial charge is 0.220 e. The van der Waals surface area contributed by atoms with Crippen LogP contribution in [0.4, 0.5) is 0 Å². The van der Waals surface area contributed by atoms with Crippen molar-refractivity contribution in [2.75, 3.05) is 13.7 Å². The molecule has 1 aliphatic rings. The molecule has 1 amide bonds. The number of carbonyl (C=O) groups is 2. The van der Waals surface area contributed by atoms with E-state index in [2.05, 4.69) is 51.8 Å². The van der Waals surface area contributed by atoms with Gasteiger partial charge in [-0.25, -0.2) is 4.98 Å². The standard InChI is InChI=1S/C33H41N5O5Si/c1-23-10-11-24-19-25(30(41-2)20-27(24)35-23)28-21-34-32(38(28)22-42-17-18-44(3,4)5)33(15-12-31(40)36-33)14-8-6-7-9-29(39)26-13-16-43-37-26/h6,8,10-11,13,16,19-21H,7,9,12,14-15,17-18,22H2,1-5H3,(H,36,40)/b8-6+/t33-/m1/s1. The second-order valence-corrected chi connectivity index (χ2v) is 18.2. The van der Waals surface area contributed by atoms with Gasteiger partial charge in [-0.15, -0.1) is 0 Å². The number of pyridine rings is 1. The van der Waals surface area contributed by atoms with E-state index in [4.69, 9.17) is 19.0 Å². The molecule has 0 saturated carbocycles. The number of hydrogen-bond donors (Lipinski definition) is 1. The highest BCUT2D eigenvalue weighted by atomic mass is 28.3. The molecule has 4 aromatic rings. The number of hydrogen-bond acceptors (Lipinski definition) is 8. The number of methoxy groups -OCH3 is 1. The maximum absolute atomic E-state index is 12.7. The highest BCUT2D eigenvalue weighted by Crippen LogP contribution is 2.40. The lowest BCUT2D eigenvalue weighted by atomic mass is 9.91. The number of nitrogens with zero attached hydrogens (tertiary/aromatic N) is 4. The van der Waals surface area contributed by atoms with Gasteiger partial charge in [0.1, 0.15) is 35.8 Å². The highest BCUT2D eigenvalue weighted by Gasteiger charge is 2.42. The van der Waals surface area contributed by atoms with E-state index >= 15 is 0 Å². The third kappa shape index (κ3) is 7.16. The van der Waals surface area contributed by atoms with E-state index in [9.17, 15) is 9.59 Å². The summed E-state index contributed by atoms with van der Waals surface area (Å²) < 4.78 is 19.0. The van der Waals surface area contributed by atoms with E-state index in [0.29, 0.717) is 50.2 Å². The molecule has 232 valence electrons. The van der Waals surface area contributed by atoms with Crippen molar-refractivity contribution in [3.05, 3.63) is 72.2 Å². The average Bonchev–Trinajstić information content (AvgIpc) is 3.75. The molecule has 10 nitrogen and oxygen atoms in total. The maximum Gasteiger partial charge on any atom is 0.220 e. The van der Waals surface area contributed by atoms with Crippen molar-refractivity contribution in [1.29, 1.82) is 0 Å². The van der Waals surface area contributed by atoms with Crippen LogP contribution >= 0.6 is 0 Å². The summed E-state index contributed by atoms with van der Waals surface area (Å²) in [6.07, 6.45) is 9.64. The van der Waals surface area contributed by atoms with Gasteiger partial charge in [-0.1, -0.05) is 43.0 Å². The lowest BCUT2D eigenvalue weighted by Gasteiger charge is -2.29. The van der Waals surface area contributed by atoms with Crippen molar-refractivity contribution >= 4 is 30.7 Å². The lowest BCUT2D eigenvalue weighted by molar-refractivity contribution is -0.119. The van der Waals surface area contributed by atoms with Gasteiger partial charge in [0.05, 0.1) is 24.5 Å². The number of ether oxygens (including phenoxy) is 2. The Morgan fingerprint density at radius 3 is 2.75 bits per heavy atom. The van der Waals surface area contributed by atoms with Crippen LogP contribution < -0.4 is 10.1 Å². The molecule has 3 aromatic heterocycles. The lowest BCUT2D eigenvalue weighted by Crippen LogP contribution is -2.41. The number of nitrogens with one attached hydrogen (secondary N) is 1. The number of allylic oxidation sites excluding steroid dienone is 1. The molecule has 1 saturated heterocycles. The van der Waals surface area contributed by atoms with Crippen LogP contribution in [-0.4, -0.2) is 53.2 Å². The fraction of sp³-hybridized carbons (Fsp3) is 0.424. The first-order valence-electron chi connectivity index (χ1n) is 15.1.